The van der Waals surface area contributed by atoms with Gasteiger partial charge in [-0.2, -0.15) is 5.10 Å². The molecule has 1 N–H and O–H groups in total. The van der Waals surface area contributed by atoms with Gasteiger partial charge in [0.05, 0.1) is 0 Å². The van der Waals surface area contributed by atoms with Crippen molar-refractivity contribution in [3.05, 3.63) is 42.2 Å². The minimum absolute atomic E-state index is 0.456. The largest absolute Gasteiger partial charge is 0.312 e. The second kappa shape index (κ2) is 6.43. The van der Waals surface area contributed by atoms with Gasteiger partial charge in [0, 0.05) is 55.9 Å². The lowest BCUT2D eigenvalue weighted by Crippen LogP contribution is -2.26. The van der Waals surface area contributed by atoms with Crippen LogP contribution < -0.4 is 5.32 Å². The third kappa shape index (κ3) is 3.61. The first-order valence-corrected chi connectivity index (χ1v) is 6.61. The molecule has 2 aromatic heterocycles. The van der Waals surface area contributed by atoms with E-state index >= 15 is 0 Å². The number of nitrogens with one attached hydrogen (secondary N) is 1. The second-order valence-electron chi connectivity index (χ2n) is 5.11. The molecule has 2 heterocycles. The van der Waals surface area contributed by atoms with Crippen LogP contribution in [0.2, 0.25) is 0 Å². The summed E-state index contributed by atoms with van der Waals surface area (Å²) in [5.41, 5.74) is 2.38. The molecule has 0 aliphatic heterocycles. The molecule has 102 valence electrons. The Morgan fingerprint density at radius 1 is 1.26 bits per heavy atom. The average molecular weight is 259 g/mol. The van der Waals surface area contributed by atoms with E-state index in [2.05, 4.69) is 40.3 Å². The maximum Gasteiger partial charge on any atom is 0.115 e. The summed E-state index contributed by atoms with van der Waals surface area (Å²) in [5.74, 6) is 1.02. The van der Waals surface area contributed by atoms with Gasteiger partial charge in [0.25, 0.3) is 0 Å². The molecule has 0 aliphatic rings. The van der Waals surface area contributed by atoms with Crippen LogP contribution in [0.3, 0.4) is 0 Å². The highest BCUT2D eigenvalue weighted by atomic mass is 15.3. The number of hydrogen-bond acceptors (Lipinski definition) is 4. The zero-order chi connectivity index (χ0) is 13.7. The van der Waals surface area contributed by atoms with E-state index in [1.165, 1.54) is 5.69 Å². The molecule has 5 heteroatoms. The van der Waals surface area contributed by atoms with E-state index < -0.39 is 0 Å². The van der Waals surface area contributed by atoms with Gasteiger partial charge in [-0.3, -0.25) is 4.68 Å². The van der Waals surface area contributed by atoms with Crippen molar-refractivity contribution >= 4 is 0 Å². The lowest BCUT2D eigenvalue weighted by atomic mass is 9.92. The van der Waals surface area contributed by atoms with Crippen LogP contribution in [0.5, 0.6) is 0 Å². The smallest absolute Gasteiger partial charge is 0.115 e. The highest BCUT2D eigenvalue weighted by molar-refractivity contribution is 5.10. The summed E-state index contributed by atoms with van der Waals surface area (Å²) in [7, 11) is 2.00. The fraction of sp³-hybridized carbons (Fsp3) is 0.500. The minimum Gasteiger partial charge on any atom is -0.312 e. The molecule has 0 amide bonds. The van der Waals surface area contributed by atoms with Crippen molar-refractivity contribution in [3.63, 3.8) is 0 Å². The number of aromatic nitrogens is 4. The number of hydrogen-bond donors (Lipinski definition) is 1. The lowest BCUT2D eigenvalue weighted by Gasteiger charge is -2.21. The molecule has 0 saturated heterocycles. The molecule has 1 atom stereocenters. The fourth-order valence-electron chi connectivity index (χ4n) is 2.22. The molecule has 0 aromatic carbocycles. The van der Waals surface area contributed by atoms with Crippen LogP contribution in [0, 0.1) is 5.92 Å². The first kappa shape index (κ1) is 13.7. The van der Waals surface area contributed by atoms with E-state index in [1.807, 2.05) is 30.3 Å². The molecular formula is C14H21N5. The van der Waals surface area contributed by atoms with E-state index in [0.717, 1.165) is 18.7 Å². The van der Waals surface area contributed by atoms with Crippen LogP contribution in [0.1, 0.15) is 31.0 Å². The summed E-state index contributed by atoms with van der Waals surface area (Å²) in [4.78, 5) is 8.03. The Labute approximate surface area is 114 Å². The maximum atomic E-state index is 4.26. The summed E-state index contributed by atoms with van der Waals surface area (Å²) < 4.78 is 1.96. The van der Waals surface area contributed by atoms with Crippen LogP contribution in [0.15, 0.2) is 31.0 Å². The predicted octanol–water partition coefficient (Wildman–Crippen LogP) is 1.74. The molecule has 5 nitrogen and oxygen atoms in total. The molecular weight excluding hydrogens is 238 g/mol. The third-order valence-corrected chi connectivity index (χ3v) is 3.35. The van der Waals surface area contributed by atoms with E-state index in [9.17, 15) is 0 Å². The Balaban J connectivity index is 1.94. The molecule has 19 heavy (non-hydrogen) atoms. The highest BCUT2D eigenvalue weighted by Crippen LogP contribution is 2.22. The Hall–Kier alpha value is -1.75. The van der Waals surface area contributed by atoms with Gasteiger partial charge >= 0.3 is 0 Å². The van der Waals surface area contributed by atoms with E-state index in [0.29, 0.717) is 11.8 Å². The predicted molar refractivity (Wildman–Crippen MR) is 74.5 cm³/mol. The lowest BCUT2D eigenvalue weighted by molar-refractivity contribution is 0.436. The zero-order valence-electron chi connectivity index (χ0n) is 11.7. The molecule has 2 aromatic rings. The second-order valence-corrected chi connectivity index (χ2v) is 5.11. The molecule has 2 rings (SSSR count). The summed E-state index contributed by atoms with van der Waals surface area (Å²) in [6, 6.07) is 2.10. The van der Waals surface area contributed by atoms with Crippen LogP contribution in [-0.2, 0) is 13.6 Å². The quantitative estimate of drug-likeness (QED) is 0.858. The normalized spacial score (nSPS) is 12.8. The monoisotopic (exact) mass is 259 g/mol. The fourth-order valence-corrected chi connectivity index (χ4v) is 2.22. The van der Waals surface area contributed by atoms with Crippen LogP contribution in [0.4, 0.5) is 0 Å². The Kier molecular flexibility index (Phi) is 4.63. The molecule has 0 radical (unpaired) electrons. The summed E-state index contributed by atoms with van der Waals surface area (Å²) in [6.45, 7) is 6.20. The molecule has 0 saturated carbocycles. The van der Waals surface area contributed by atoms with Gasteiger partial charge in [-0.05, 0) is 12.0 Å². The van der Waals surface area contributed by atoms with Crippen molar-refractivity contribution in [2.75, 3.05) is 6.54 Å². The first-order valence-electron chi connectivity index (χ1n) is 6.61. The molecule has 0 bridgehead atoms. The van der Waals surface area contributed by atoms with E-state index in [1.54, 1.807) is 6.33 Å². The SMILES string of the molecule is CC(C)[C@@H](CNCc1cncnc1)c1ccnn1C. The van der Waals surface area contributed by atoms with Gasteiger partial charge in [-0.25, -0.2) is 9.97 Å². The van der Waals surface area contributed by atoms with Crippen molar-refractivity contribution in [1.29, 1.82) is 0 Å². The zero-order valence-corrected chi connectivity index (χ0v) is 11.7. The van der Waals surface area contributed by atoms with Crippen molar-refractivity contribution in [2.24, 2.45) is 13.0 Å². The number of nitrogens with zero attached hydrogens (tertiary/aromatic N) is 4. The van der Waals surface area contributed by atoms with Crippen LogP contribution in [0.25, 0.3) is 0 Å². The van der Waals surface area contributed by atoms with Crippen molar-refractivity contribution < 1.29 is 0 Å². The van der Waals surface area contributed by atoms with Crippen molar-refractivity contribution in [3.8, 4) is 0 Å². The minimum atomic E-state index is 0.456. The van der Waals surface area contributed by atoms with E-state index in [4.69, 9.17) is 0 Å². The Morgan fingerprint density at radius 2 is 2.00 bits per heavy atom. The van der Waals surface area contributed by atoms with Gasteiger partial charge in [-0.1, -0.05) is 13.8 Å². The summed E-state index contributed by atoms with van der Waals surface area (Å²) in [6.07, 6.45) is 7.09. The van der Waals surface area contributed by atoms with Crippen molar-refractivity contribution in [2.45, 2.75) is 26.3 Å². The summed E-state index contributed by atoms with van der Waals surface area (Å²) >= 11 is 0. The Bertz CT molecular complexity index is 492. The maximum absolute atomic E-state index is 4.26. The first-order chi connectivity index (χ1) is 9.18. The van der Waals surface area contributed by atoms with Gasteiger partial charge in [0.15, 0.2) is 0 Å². The highest BCUT2D eigenvalue weighted by Gasteiger charge is 2.18. The number of rotatable bonds is 6. The van der Waals surface area contributed by atoms with Gasteiger partial charge < -0.3 is 5.32 Å². The van der Waals surface area contributed by atoms with Gasteiger partial charge in [0.2, 0.25) is 0 Å². The molecule has 0 spiro atoms. The summed E-state index contributed by atoms with van der Waals surface area (Å²) in [5, 5.41) is 7.73. The molecule has 0 unspecified atom stereocenters. The number of aryl methyl sites for hydroxylation is 1. The van der Waals surface area contributed by atoms with Crippen LogP contribution in [-0.4, -0.2) is 26.3 Å². The molecule has 0 aliphatic carbocycles. The third-order valence-electron chi connectivity index (χ3n) is 3.35. The Morgan fingerprint density at radius 3 is 2.58 bits per heavy atom. The topological polar surface area (TPSA) is 55.6 Å². The van der Waals surface area contributed by atoms with Crippen LogP contribution >= 0.6 is 0 Å². The standard InChI is InChI=1S/C14H21N5/c1-11(2)13(14-4-5-18-19(14)3)9-15-6-12-7-16-10-17-8-12/h4-5,7-8,10-11,13,15H,6,9H2,1-3H3/t13-/m1/s1. The van der Waals surface area contributed by atoms with E-state index in [-0.39, 0.29) is 0 Å². The average Bonchev–Trinajstić information content (AvgIpc) is 2.82. The van der Waals surface area contributed by atoms with Crippen molar-refractivity contribution in [1.82, 2.24) is 25.1 Å². The van der Waals surface area contributed by atoms with Gasteiger partial charge in [0.1, 0.15) is 6.33 Å². The van der Waals surface area contributed by atoms with Gasteiger partial charge in [-0.15, -0.1) is 0 Å². The molecule has 0 fully saturated rings.